The van der Waals surface area contributed by atoms with Crippen molar-refractivity contribution < 1.29 is 9.59 Å². The third kappa shape index (κ3) is 4.47. The van der Waals surface area contributed by atoms with Crippen LogP contribution in [-0.4, -0.2) is 47.8 Å². The van der Waals surface area contributed by atoms with Crippen LogP contribution in [0.15, 0.2) is 30.3 Å². The lowest BCUT2D eigenvalue weighted by Gasteiger charge is -2.34. The molecule has 0 atom stereocenters. The number of piperazine rings is 1. The Bertz CT molecular complexity index is 784. The molecule has 2 heterocycles. The average molecular weight is 418 g/mol. The summed E-state index contributed by atoms with van der Waals surface area (Å²) < 4.78 is 0.890. The second kappa shape index (κ2) is 7.96. The highest BCUT2D eigenvalue weighted by Crippen LogP contribution is 2.32. The van der Waals surface area contributed by atoms with Gasteiger partial charge in [-0.1, -0.05) is 46.9 Å². The number of rotatable bonds is 3. The fourth-order valence-electron chi connectivity index (χ4n) is 2.70. The molecular weight excluding hydrogens is 403 g/mol. The van der Waals surface area contributed by atoms with Crippen LogP contribution in [0.1, 0.15) is 15.9 Å². The van der Waals surface area contributed by atoms with E-state index in [1.54, 1.807) is 28.0 Å². The molecule has 1 aliphatic heterocycles. The molecule has 25 heavy (non-hydrogen) atoms. The molecule has 0 saturated carbocycles. The van der Waals surface area contributed by atoms with Gasteiger partial charge < -0.3 is 9.80 Å². The molecule has 2 amide bonds. The van der Waals surface area contributed by atoms with E-state index in [2.05, 4.69) is 0 Å². The summed E-state index contributed by atoms with van der Waals surface area (Å²) in [5.41, 5.74) is 1.35. The molecule has 0 spiro atoms. The van der Waals surface area contributed by atoms with Crippen molar-refractivity contribution in [1.82, 2.24) is 9.80 Å². The topological polar surface area (TPSA) is 40.6 Å². The first-order valence-corrected chi connectivity index (χ1v) is 9.65. The summed E-state index contributed by atoms with van der Waals surface area (Å²) in [6.07, 6.45) is 0.330. The quantitative estimate of drug-likeness (QED) is 0.749. The second-order valence-corrected chi connectivity index (χ2v) is 8.44. The number of carbonyl (C=O) groups is 2. The maximum atomic E-state index is 12.5. The summed E-state index contributed by atoms with van der Waals surface area (Å²) in [4.78, 5) is 28.4. The molecule has 1 aromatic carbocycles. The minimum Gasteiger partial charge on any atom is -0.339 e. The molecule has 0 radical (unpaired) electrons. The lowest BCUT2D eigenvalue weighted by Crippen LogP contribution is -2.51. The Morgan fingerprint density at radius 3 is 2.12 bits per heavy atom. The molecule has 1 aliphatic rings. The van der Waals surface area contributed by atoms with Crippen LogP contribution in [0, 0.1) is 0 Å². The Kier molecular flexibility index (Phi) is 5.89. The Labute approximate surface area is 164 Å². The zero-order valence-electron chi connectivity index (χ0n) is 13.2. The van der Waals surface area contributed by atoms with Gasteiger partial charge in [-0.05, 0) is 23.8 Å². The Hall–Kier alpha value is -1.27. The molecule has 132 valence electrons. The van der Waals surface area contributed by atoms with Crippen molar-refractivity contribution in [3.63, 3.8) is 0 Å². The zero-order valence-corrected chi connectivity index (χ0v) is 16.3. The van der Waals surface area contributed by atoms with Crippen LogP contribution in [-0.2, 0) is 11.2 Å². The van der Waals surface area contributed by atoms with Gasteiger partial charge in [0.15, 0.2) is 0 Å². The van der Waals surface area contributed by atoms with Crippen LogP contribution in [0.4, 0.5) is 0 Å². The number of hydrogen-bond donors (Lipinski definition) is 0. The molecule has 1 fully saturated rings. The van der Waals surface area contributed by atoms with Gasteiger partial charge in [0.05, 0.1) is 16.3 Å². The fraction of sp³-hybridized carbons (Fsp3) is 0.294. The summed E-state index contributed by atoms with van der Waals surface area (Å²) >= 11 is 19.0. The molecule has 0 aliphatic carbocycles. The molecule has 0 bridgehead atoms. The van der Waals surface area contributed by atoms with Crippen LogP contribution in [0.5, 0.6) is 0 Å². The van der Waals surface area contributed by atoms with Crippen molar-refractivity contribution in [2.24, 2.45) is 0 Å². The highest BCUT2D eigenvalue weighted by Gasteiger charge is 2.26. The standard InChI is InChI=1S/C17H15Cl3N2O2S/c18-12-3-1-11(2-4-12)9-15(23)21-5-7-22(8-6-21)17(24)13-10-14(19)25-16(13)20/h1-4,10H,5-9H2. The number of amides is 2. The van der Waals surface area contributed by atoms with Crippen molar-refractivity contribution in [3.05, 3.63) is 55.2 Å². The SMILES string of the molecule is O=C(Cc1ccc(Cl)cc1)N1CCN(C(=O)c2cc(Cl)sc2Cl)CC1. The van der Waals surface area contributed by atoms with E-state index in [9.17, 15) is 9.59 Å². The first kappa shape index (κ1) is 18.5. The van der Waals surface area contributed by atoms with Crippen LogP contribution in [0.3, 0.4) is 0 Å². The van der Waals surface area contributed by atoms with E-state index in [1.165, 1.54) is 11.3 Å². The second-order valence-electron chi connectivity index (χ2n) is 5.71. The van der Waals surface area contributed by atoms with Crippen molar-refractivity contribution >= 4 is 58.0 Å². The number of benzene rings is 1. The molecule has 0 N–H and O–H groups in total. The van der Waals surface area contributed by atoms with Gasteiger partial charge in [0.25, 0.3) is 5.91 Å². The van der Waals surface area contributed by atoms with E-state index >= 15 is 0 Å². The maximum Gasteiger partial charge on any atom is 0.256 e. The van der Waals surface area contributed by atoms with Crippen LogP contribution in [0.25, 0.3) is 0 Å². The summed E-state index contributed by atoms with van der Waals surface area (Å²) in [6, 6.07) is 8.84. The van der Waals surface area contributed by atoms with Crippen molar-refractivity contribution in [2.45, 2.75) is 6.42 Å². The smallest absolute Gasteiger partial charge is 0.256 e. The van der Waals surface area contributed by atoms with E-state index in [0.29, 0.717) is 51.9 Å². The molecule has 1 saturated heterocycles. The Morgan fingerprint density at radius 1 is 0.960 bits per heavy atom. The zero-order chi connectivity index (χ0) is 18.0. The van der Waals surface area contributed by atoms with Crippen molar-refractivity contribution in [3.8, 4) is 0 Å². The van der Waals surface area contributed by atoms with Gasteiger partial charge in [-0.15, -0.1) is 11.3 Å². The van der Waals surface area contributed by atoms with E-state index in [0.717, 1.165) is 5.56 Å². The number of thiophene rings is 1. The number of halogens is 3. The van der Waals surface area contributed by atoms with Gasteiger partial charge in [0, 0.05) is 31.2 Å². The van der Waals surface area contributed by atoms with E-state index in [-0.39, 0.29) is 11.8 Å². The molecule has 8 heteroatoms. The Morgan fingerprint density at radius 2 is 1.56 bits per heavy atom. The predicted octanol–water partition coefficient (Wildman–Crippen LogP) is 4.24. The summed E-state index contributed by atoms with van der Waals surface area (Å²) in [7, 11) is 0. The molecule has 2 aromatic rings. The Balaban J connectivity index is 1.56. The monoisotopic (exact) mass is 416 g/mol. The normalized spacial score (nSPS) is 14.7. The van der Waals surface area contributed by atoms with E-state index in [1.807, 2.05) is 12.1 Å². The van der Waals surface area contributed by atoms with Crippen molar-refractivity contribution in [1.29, 1.82) is 0 Å². The molecule has 3 rings (SSSR count). The number of hydrogen-bond acceptors (Lipinski definition) is 3. The largest absolute Gasteiger partial charge is 0.339 e. The molecular formula is C17H15Cl3N2O2S. The van der Waals surface area contributed by atoms with Gasteiger partial charge in [0.2, 0.25) is 5.91 Å². The first-order chi connectivity index (χ1) is 11.9. The summed E-state index contributed by atoms with van der Waals surface area (Å²) in [6.45, 7) is 1.98. The number of carbonyl (C=O) groups excluding carboxylic acids is 2. The first-order valence-electron chi connectivity index (χ1n) is 7.70. The minimum atomic E-state index is -0.141. The van der Waals surface area contributed by atoms with Gasteiger partial charge in [-0.25, -0.2) is 0 Å². The van der Waals surface area contributed by atoms with Crippen molar-refractivity contribution in [2.75, 3.05) is 26.2 Å². The summed E-state index contributed by atoms with van der Waals surface area (Å²) in [5.74, 6) is -0.0935. The fourth-order valence-corrected chi connectivity index (χ4v) is 4.28. The molecule has 0 unspecified atom stereocenters. The third-order valence-corrected chi connectivity index (χ3v) is 5.81. The highest BCUT2D eigenvalue weighted by molar-refractivity contribution is 7.20. The van der Waals surface area contributed by atoms with Crippen LogP contribution >= 0.6 is 46.1 Å². The molecule has 1 aromatic heterocycles. The van der Waals surface area contributed by atoms with Gasteiger partial charge >= 0.3 is 0 Å². The third-order valence-electron chi connectivity index (χ3n) is 4.08. The average Bonchev–Trinajstić information content (AvgIpc) is 2.94. The summed E-state index contributed by atoms with van der Waals surface area (Å²) in [5, 5.41) is 0.649. The van der Waals surface area contributed by atoms with Gasteiger partial charge in [-0.2, -0.15) is 0 Å². The predicted molar refractivity (Wildman–Crippen MR) is 102 cm³/mol. The van der Waals surface area contributed by atoms with Gasteiger partial charge in [0.1, 0.15) is 4.34 Å². The van der Waals surface area contributed by atoms with Crippen LogP contribution in [0.2, 0.25) is 13.7 Å². The maximum absolute atomic E-state index is 12.5. The minimum absolute atomic E-state index is 0.0473. The van der Waals surface area contributed by atoms with Gasteiger partial charge in [-0.3, -0.25) is 9.59 Å². The highest BCUT2D eigenvalue weighted by atomic mass is 35.5. The van der Waals surface area contributed by atoms with Crippen LogP contribution < -0.4 is 0 Å². The lowest BCUT2D eigenvalue weighted by atomic mass is 10.1. The van der Waals surface area contributed by atoms with E-state index in [4.69, 9.17) is 34.8 Å². The number of nitrogens with zero attached hydrogens (tertiary/aromatic N) is 2. The molecule has 4 nitrogen and oxygen atoms in total. The van der Waals surface area contributed by atoms with E-state index < -0.39 is 0 Å². The lowest BCUT2D eigenvalue weighted by molar-refractivity contribution is -0.131.